The molecule has 50 heavy (non-hydrogen) atoms. The lowest BCUT2D eigenvalue weighted by molar-refractivity contribution is -0.393. The van der Waals surface area contributed by atoms with Crippen molar-refractivity contribution in [3.63, 3.8) is 0 Å². The molecule has 0 aliphatic heterocycles. The Kier molecular flexibility index (Phi) is 14.2. The maximum absolute atomic E-state index is 13.6. The normalized spacial score (nSPS) is 12.6. The van der Waals surface area contributed by atoms with Crippen LogP contribution in [0.1, 0.15) is 55.5 Å². The van der Waals surface area contributed by atoms with Crippen LogP contribution >= 0.6 is 0 Å². The Morgan fingerprint density at radius 2 is 1.44 bits per heavy atom. The molecule has 16 heteroatoms. The van der Waals surface area contributed by atoms with Gasteiger partial charge < -0.3 is 32.1 Å². The second-order valence-corrected chi connectivity index (χ2v) is 12.1. The number of carbonyl (C=O) groups is 4. The minimum Gasteiger partial charge on any atom is -0.480 e. The van der Waals surface area contributed by atoms with Crippen molar-refractivity contribution in [1.82, 2.24) is 16.0 Å². The van der Waals surface area contributed by atoms with E-state index in [2.05, 4.69) is 21.3 Å². The van der Waals surface area contributed by atoms with E-state index in [9.17, 15) is 44.5 Å². The maximum atomic E-state index is 13.6. The summed E-state index contributed by atoms with van der Waals surface area (Å²) in [5.41, 5.74) is 6.36. The number of nitrogens with two attached hydrogens (primary N) is 1. The third kappa shape index (κ3) is 11.9. The number of carbonyl (C=O) groups excluding carboxylic acids is 3. The molecule has 0 saturated carbocycles. The summed E-state index contributed by atoms with van der Waals surface area (Å²) in [4.78, 5) is 73.1. The Balaban J connectivity index is 1.67. The number of nitro groups is 2. The van der Waals surface area contributed by atoms with Gasteiger partial charge >= 0.3 is 5.97 Å². The molecule has 3 atom stereocenters. The summed E-state index contributed by atoms with van der Waals surface area (Å²) in [6, 6.07) is 14.7. The predicted molar refractivity (Wildman–Crippen MR) is 185 cm³/mol. The number of amides is 3. The molecule has 0 heterocycles. The minimum absolute atomic E-state index is 0.00343. The molecule has 0 radical (unpaired) electrons. The van der Waals surface area contributed by atoms with Gasteiger partial charge in [0, 0.05) is 30.3 Å². The van der Waals surface area contributed by atoms with E-state index in [0.717, 1.165) is 12.1 Å². The highest BCUT2D eigenvalue weighted by molar-refractivity contribution is 5.98. The van der Waals surface area contributed by atoms with Crippen molar-refractivity contribution in [3.8, 4) is 0 Å². The first-order valence-corrected chi connectivity index (χ1v) is 16.0. The number of benzene rings is 3. The highest BCUT2D eigenvalue weighted by Crippen LogP contribution is 2.29. The summed E-state index contributed by atoms with van der Waals surface area (Å²) in [5.74, 6) is -3.15. The van der Waals surface area contributed by atoms with Gasteiger partial charge in [-0.2, -0.15) is 0 Å². The molecule has 0 fully saturated rings. The van der Waals surface area contributed by atoms with Gasteiger partial charge in [0.25, 0.3) is 17.3 Å². The van der Waals surface area contributed by atoms with Crippen LogP contribution in [0.4, 0.5) is 22.7 Å². The van der Waals surface area contributed by atoms with Crippen LogP contribution < -0.4 is 27.0 Å². The molecular formula is C34H41N7O9. The Morgan fingerprint density at radius 1 is 0.800 bits per heavy atom. The van der Waals surface area contributed by atoms with Crippen molar-refractivity contribution in [2.45, 2.75) is 64.1 Å². The zero-order chi connectivity index (χ0) is 36.8. The molecule has 3 aromatic carbocycles. The average molecular weight is 692 g/mol. The van der Waals surface area contributed by atoms with Crippen LogP contribution in [0.5, 0.6) is 0 Å². The van der Waals surface area contributed by atoms with Crippen LogP contribution in [0.3, 0.4) is 0 Å². The van der Waals surface area contributed by atoms with Crippen LogP contribution in [0.15, 0.2) is 72.8 Å². The summed E-state index contributed by atoms with van der Waals surface area (Å²) < 4.78 is 0. The summed E-state index contributed by atoms with van der Waals surface area (Å²) in [6.45, 7) is 3.94. The summed E-state index contributed by atoms with van der Waals surface area (Å²) >= 11 is 0. The second-order valence-electron chi connectivity index (χ2n) is 12.1. The molecule has 0 spiro atoms. The van der Waals surface area contributed by atoms with Crippen molar-refractivity contribution < 1.29 is 34.1 Å². The molecular weight excluding hydrogens is 650 g/mol. The van der Waals surface area contributed by atoms with E-state index in [1.54, 1.807) is 42.5 Å². The lowest BCUT2D eigenvalue weighted by atomic mass is 10.00. The third-order valence-electron chi connectivity index (χ3n) is 7.66. The zero-order valence-corrected chi connectivity index (χ0v) is 27.7. The molecule has 0 saturated heterocycles. The highest BCUT2D eigenvalue weighted by Gasteiger charge is 2.30. The maximum Gasteiger partial charge on any atom is 0.326 e. The smallest absolute Gasteiger partial charge is 0.326 e. The Bertz CT molecular complexity index is 1670. The molecule has 7 N–H and O–H groups in total. The zero-order valence-electron chi connectivity index (χ0n) is 27.7. The molecule has 0 aliphatic carbocycles. The summed E-state index contributed by atoms with van der Waals surface area (Å²) in [7, 11) is 0. The van der Waals surface area contributed by atoms with Crippen LogP contribution in [-0.2, 0) is 20.8 Å². The van der Waals surface area contributed by atoms with Gasteiger partial charge in [0.15, 0.2) is 0 Å². The molecule has 3 rings (SSSR count). The first kappa shape index (κ1) is 38.4. The Hall–Kier alpha value is -6.06. The van der Waals surface area contributed by atoms with E-state index in [-0.39, 0.29) is 43.8 Å². The number of carboxylic acid groups (broad SMARTS) is 1. The molecule has 3 aromatic rings. The number of rotatable bonds is 19. The first-order chi connectivity index (χ1) is 23.7. The van der Waals surface area contributed by atoms with Gasteiger partial charge in [-0.05, 0) is 67.5 Å². The van der Waals surface area contributed by atoms with Gasteiger partial charge in [0.1, 0.15) is 23.8 Å². The van der Waals surface area contributed by atoms with E-state index in [4.69, 9.17) is 5.73 Å². The van der Waals surface area contributed by atoms with Crippen molar-refractivity contribution in [2.75, 3.05) is 17.6 Å². The van der Waals surface area contributed by atoms with E-state index >= 15 is 0 Å². The third-order valence-corrected chi connectivity index (χ3v) is 7.66. The average Bonchev–Trinajstić information content (AvgIpc) is 3.07. The number of hydrogen-bond donors (Lipinski definition) is 6. The summed E-state index contributed by atoms with van der Waals surface area (Å²) in [5, 5.41) is 43.0. The number of nitrogens with one attached hydrogen (secondary N) is 4. The second kappa shape index (κ2) is 18.5. The topological polar surface area (TPSA) is 249 Å². The first-order valence-electron chi connectivity index (χ1n) is 16.0. The Morgan fingerprint density at radius 3 is 2.04 bits per heavy atom. The van der Waals surface area contributed by atoms with Gasteiger partial charge in [-0.1, -0.05) is 44.2 Å². The van der Waals surface area contributed by atoms with E-state index in [1.165, 1.54) is 18.2 Å². The molecule has 0 aromatic heterocycles. The molecule has 0 unspecified atom stereocenters. The SMILES string of the molecule is CC(C)C[C@H](NC(=O)c1ccc(N)cc1)C(=O)N[C@@H](Cc1ccccc1)C(=O)N[C@@H](CCCCNc1ccc([N+](=O)[O-])cc1[N+](=O)[O-])C(=O)O. The van der Waals surface area contributed by atoms with E-state index in [1.807, 2.05) is 13.8 Å². The van der Waals surface area contributed by atoms with Crippen LogP contribution in [-0.4, -0.2) is 63.3 Å². The number of non-ortho nitro benzene ring substituents is 1. The number of unbranched alkanes of at least 4 members (excludes halogenated alkanes) is 1. The number of nitrogen functional groups attached to an aromatic ring is 1. The molecule has 266 valence electrons. The lowest BCUT2D eigenvalue weighted by Crippen LogP contribution is -2.56. The van der Waals surface area contributed by atoms with Crippen LogP contribution in [0.25, 0.3) is 0 Å². The number of nitro benzene ring substituents is 2. The van der Waals surface area contributed by atoms with Gasteiger partial charge in [-0.15, -0.1) is 0 Å². The Labute approximate surface area is 288 Å². The van der Waals surface area contributed by atoms with Crippen LogP contribution in [0, 0.1) is 26.1 Å². The molecule has 3 amide bonds. The van der Waals surface area contributed by atoms with E-state index in [0.29, 0.717) is 23.2 Å². The number of hydrogen-bond acceptors (Lipinski definition) is 10. The molecule has 0 aliphatic rings. The molecule has 16 nitrogen and oxygen atoms in total. The predicted octanol–water partition coefficient (Wildman–Crippen LogP) is 3.81. The number of anilines is 2. The number of nitrogens with zero attached hydrogens (tertiary/aromatic N) is 2. The fourth-order valence-corrected chi connectivity index (χ4v) is 5.07. The van der Waals surface area contributed by atoms with E-state index < -0.39 is 63.0 Å². The van der Waals surface area contributed by atoms with Gasteiger partial charge in [-0.25, -0.2) is 4.79 Å². The number of carboxylic acids is 1. The quantitative estimate of drug-likeness (QED) is 0.0456. The standard InChI is InChI=1S/C34H41N7O9/c1-21(2)18-28(38-31(42)23-11-13-24(35)14-12-23)32(43)39-29(19-22-8-4-3-5-9-22)33(44)37-27(34(45)46)10-6-7-17-36-26-16-15-25(40(47)48)20-30(26)41(49)50/h3-5,8-9,11-16,20-21,27-29,36H,6-7,10,17-19,35H2,1-2H3,(H,37,44)(H,38,42)(H,39,43)(H,45,46)/t27-,28-,29-/m0/s1. The lowest BCUT2D eigenvalue weighted by Gasteiger charge is -2.25. The molecule has 0 bridgehead atoms. The van der Waals surface area contributed by atoms with Gasteiger partial charge in [0.2, 0.25) is 11.8 Å². The monoisotopic (exact) mass is 691 g/mol. The summed E-state index contributed by atoms with van der Waals surface area (Å²) in [6.07, 6.45) is 0.950. The van der Waals surface area contributed by atoms with Crippen LogP contribution in [0.2, 0.25) is 0 Å². The van der Waals surface area contributed by atoms with Gasteiger partial charge in [0.05, 0.1) is 15.9 Å². The largest absolute Gasteiger partial charge is 0.480 e. The van der Waals surface area contributed by atoms with Crippen molar-refractivity contribution in [3.05, 3.63) is 104 Å². The number of aliphatic carboxylic acids is 1. The van der Waals surface area contributed by atoms with Crippen molar-refractivity contribution in [2.24, 2.45) is 5.92 Å². The minimum atomic E-state index is -1.32. The highest BCUT2D eigenvalue weighted by atomic mass is 16.6. The fraction of sp³-hybridized carbons (Fsp3) is 0.353. The fourth-order valence-electron chi connectivity index (χ4n) is 5.07. The van der Waals surface area contributed by atoms with Crippen molar-refractivity contribution >= 4 is 46.4 Å². The van der Waals surface area contributed by atoms with Gasteiger partial charge in [-0.3, -0.25) is 34.6 Å². The van der Waals surface area contributed by atoms with Crippen molar-refractivity contribution in [1.29, 1.82) is 0 Å².